The van der Waals surface area contributed by atoms with Crippen molar-refractivity contribution >= 4 is 23.8 Å². The largest absolute Gasteiger partial charge is 0.444 e. The molecule has 2 heterocycles. The number of aromatic nitrogens is 2. The zero-order valence-electron chi connectivity index (χ0n) is 18.1. The van der Waals surface area contributed by atoms with Crippen LogP contribution in [0.15, 0.2) is 5.16 Å². The molecule has 1 aliphatic heterocycles. The lowest BCUT2D eigenvalue weighted by Gasteiger charge is -2.35. The van der Waals surface area contributed by atoms with Gasteiger partial charge in [0.15, 0.2) is 5.16 Å². The number of aryl methyl sites for hydroxylation is 1. The van der Waals surface area contributed by atoms with Crippen molar-refractivity contribution < 1.29 is 14.3 Å². The van der Waals surface area contributed by atoms with Crippen LogP contribution in [-0.2, 0) is 16.1 Å². The smallest absolute Gasteiger partial charge is 0.410 e. The summed E-state index contributed by atoms with van der Waals surface area (Å²) in [6.07, 6.45) is 1.92. The number of ether oxygens (including phenoxy) is 1. The van der Waals surface area contributed by atoms with Gasteiger partial charge < -0.3 is 19.1 Å². The van der Waals surface area contributed by atoms with E-state index in [9.17, 15) is 9.59 Å². The van der Waals surface area contributed by atoms with E-state index in [4.69, 9.17) is 4.74 Å². The Bertz CT molecular complexity index is 688. The maximum atomic E-state index is 12.6. The van der Waals surface area contributed by atoms with E-state index in [2.05, 4.69) is 23.4 Å². The van der Waals surface area contributed by atoms with Crippen molar-refractivity contribution in [3.05, 3.63) is 11.4 Å². The number of carbonyl (C=O) groups is 2. The molecule has 0 spiro atoms. The van der Waals surface area contributed by atoms with Gasteiger partial charge in [-0.25, -0.2) is 9.78 Å². The van der Waals surface area contributed by atoms with Crippen LogP contribution in [0.5, 0.6) is 0 Å². The lowest BCUT2D eigenvalue weighted by atomic mass is 10.2. The highest BCUT2D eigenvalue weighted by atomic mass is 32.2. The molecule has 0 aromatic carbocycles. The van der Waals surface area contributed by atoms with Crippen LogP contribution < -0.4 is 0 Å². The summed E-state index contributed by atoms with van der Waals surface area (Å²) in [6.45, 7) is 14.9. The van der Waals surface area contributed by atoms with E-state index < -0.39 is 5.60 Å². The molecule has 7 nitrogen and oxygen atoms in total. The highest BCUT2D eigenvalue weighted by Gasteiger charge is 2.27. The number of hydrogen-bond donors (Lipinski definition) is 0. The summed E-state index contributed by atoms with van der Waals surface area (Å²) < 4.78 is 7.62. The number of carbonyl (C=O) groups excluding carboxylic acids is 2. The second-order valence-corrected chi connectivity index (χ2v) is 9.15. The molecule has 1 aromatic rings. The van der Waals surface area contributed by atoms with Gasteiger partial charge in [-0.05, 0) is 41.0 Å². The fraction of sp³-hybridized carbons (Fsp3) is 0.750. The Morgan fingerprint density at radius 1 is 1.11 bits per heavy atom. The zero-order valence-corrected chi connectivity index (χ0v) is 18.9. The van der Waals surface area contributed by atoms with E-state index in [-0.39, 0.29) is 12.0 Å². The van der Waals surface area contributed by atoms with Gasteiger partial charge in [-0.3, -0.25) is 4.79 Å². The normalized spacial score (nSPS) is 15.1. The van der Waals surface area contributed by atoms with Gasteiger partial charge in [0.25, 0.3) is 0 Å². The fourth-order valence-electron chi connectivity index (χ4n) is 3.00. The molecular weight excluding hydrogens is 376 g/mol. The third-order valence-electron chi connectivity index (χ3n) is 4.77. The van der Waals surface area contributed by atoms with Crippen molar-refractivity contribution in [3.63, 3.8) is 0 Å². The lowest BCUT2D eigenvalue weighted by Crippen LogP contribution is -2.52. The molecule has 1 fully saturated rings. The van der Waals surface area contributed by atoms with Gasteiger partial charge >= 0.3 is 6.09 Å². The minimum absolute atomic E-state index is 0.0918. The number of nitrogens with zero attached hydrogens (tertiary/aromatic N) is 4. The van der Waals surface area contributed by atoms with E-state index in [1.165, 1.54) is 17.5 Å². The van der Waals surface area contributed by atoms with Crippen molar-refractivity contribution in [2.24, 2.45) is 0 Å². The molecule has 0 radical (unpaired) electrons. The topological polar surface area (TPSA) is 67.7 Å². The van der Waals surface area contributed by atoms with Crippen molar-refractivity contribution in [3.8, 4) is 0 Å². The van der Waals surface area contributed by atoms with Crippen LogP contribution in [0.3, 0.4) is 0 Å². The van der Waals surface area contributed by atoms with E-state index in [1.807, 2.05) is 32.6 Å². The Hall–Kier alpha value is -1.70. The van der Waals surface area contributed by atoms with Gasteiger partial charge in [0.1, 0.15) is 5.60 Å². The molecule has 0 aliphatic carbocycles. The van der Waals surface area contributed by atoms with Crippen molar-refractivity contribution in [2.45, 2.75) is 71.7 Å². The van der Waals surface area contributed by atoms with E-state index in [1.54, 1.807) is 4.90 Å². The van der Waals surface area contributed by atoms with Gasteiger partial charge in [0, 0.05) is 38.4 Å². The van der Waals surface area contributed by atoms with Crippen molar-refractivity contribution in [2.75, 3.05) is 31.9 Å². The van der Waals surface area contributed by atoms with Gasteiger partial charge in [0.05, 0.1) is 11.4 Å². The van der Waals surface area contributed by atoms with Gasteiger partial charge in [-0.15, -0.1) is 0 Å². The highest BCUT2D eigenvalue weighted by Crippen LogP contribution is 2.22. The Balaban J connectivity index is 1.85. The van der Waals surface area contributed by atoms with Gasteiger partial charge in [-0.1, -0.05) is 25.1 Å². The number of imidazole rings is 1. The predicted octanol–water partition coefficient (Wildman–Crippen LogP) is 3.47. The number of piperazine rings is 1. The fourth-order valence-corrected chi connectivity index (χ4v) is 4.02. The molecule has 1 aliphatic rings. The molecule has 2 rings (SSSR count). The highest BCUT2D eigenvalue weighted by molar-refractivity contribution is 7.99. The second-order valence-electron chi connectivity index (χ2n) is 8.21. The summed E-state index contributed by atoms with van der Waals surface area (Å²) in [6, 6.07) is 0. The molecule has 158 valence electrons. The molecule has 0 atom stereocenters. The first-order chi connectivity index (χ1) is 13.1. The molecule has 1 saturated heterocycles. The van der Waals surface area contributed by atoms with Crippen LogP contribution in [0.25, 0.3) is 0 Å². The van der Waals surface area contributed by atoms with E-state index >= 15 is 0 Å². The summed E-state index contributed by atoms with van der Waals surface area (Å²) in [7, 11) is 0. The van der Waals surface area contributed by atoms with Crippen LogP contribution in [0.4, 0.5) is 4.79 Å². The van der Waals surface area contributed by atoms with Gasteiger partial charge in [0.2, 0.25) is 5.91 Å². The quantitative estimate of drug-likeness (QED) is 0.672. The molecule has 0 bridgehead atoms. The number of unbranched alkanes of at least 4 members (excludes halogenated alkanes) is 1. The molecule has 1 aromatic heterocycles. The molecule has 2 amide bonds. The Labute approximate surface area is 172 Å². The summed E-state index contributed by atoms with van der Waals surface area (Å²) in [5.74, 6) is 0.461. The standard InChI is InChI=1S/C20H34N4O3S/c1-7-8-9-24-16(3)15(2)21-18(24)28-14-17(25)22-10-12-23(13-11-22)19(26)27-20(4,5)6/h7-14H2,1-6H3. The Morgan fingerprint density at radius 2 is 1.71 bits per heavy atom. The molecule has 8 heteroatoms. The molecule has 0 N–H and O–H groups in total. The average Bonchev–Trinajstić information content (AvgIpc) is 2.90. The Morgan fingerprint density at radius 3 is 2.29 bits per heavy atom. The predicted molar refractivity (Wildman–Crippen MR) is 112 cm³/mol. The van der Waals surface area contributed by atoms with Crippen molar-refractivity contribution in [1.29, 1.82) is 0 Å². The number of rotatable bonds is 6. The first-order valence-corrected chi connectivity index (χ1v) is 11.0. The SMILES string of the molecule is CCCCn1c(SCC(=O)N2CCN(C(=O)OC(C)(C)C)CC2)nc(C)c1C. The molecule has 0 saturated carbocycles. The van der Waals surface area contributed by atoms with Crippen molar-refractivity contribution in [1.82, 2.24) is 19.4 Å². The second kappa shape index (κ2) is 9.67. The number of hydrogen-bond acceptors (Lipinski definition) is 5. The molecule has 0 unspecified atom stereocenters. The minimum Gasteiger partial charge on any atom is -0.444 e. The van der Waals surface area contributed by atoms with Crippen LogP contribution >= 0.6 is 11.8 Å². The third kappa shape index (κ3) is 6.15. The summed E-state index contributed by atoms with van der Waals surface area (Å²) >= 11 is 1.50. The van der Waals surface area contributed by atoms with Crippen LogP contribution in [0.2, 0.25) is 0 Å². The average molecular weight is 411 g/mol. The first kappa shape index (κ1) is 22.6. The first-order valence-electron chi connectivity index (χ1n) is 10.0. The number of amides is 2. The van der Waals surface area contributed by atoms with Crippen LogP contribution in [0.1, 0.15) is 51.9 Å². The maximum Gasteiger partial charge on any atom is 0.410 e. The summed E-state index contributed by atoms with van der Waals surface area (Å²) in [5, 5.41) is 0.921. The summed E-state index contributed by atoms with van der Waals surface area (Å²) in [5.41, 5.74) is 1.70. The monoisotopic (exact) mass is 410 g/mol. The van der Waals surface area contributed by atoms with Gasteiger partial charge in [-0.2, -0.15) is 0 Å². The van der Waals surface area contributed by atoms with E-state index in [0.29, 0.717) is 31.9 Å². The third-order valence-corrected chi connectivity index (χ3v) is 5.73. The molecule has 28 heavy (non-hydrogen) atoms. The molecular formula is C20H34N4O3S. The summed E-state index contributed by atoms with van der Waals surface area (Å²) in [4.78, 5) is 32.9. The van der Waals surface area contributed by atoms with Crippen LogP contribution in [0, 0.1) is 13.8 Å². The maximum absolute atomic E-state index is 12.6. The van der Waals surface area contributed by atoms with E-state index in [0.717, 1.165) is 30.2 Å². The minimum atomic E-state index is -0.503. The number of thioether (sulfide) groups is 1. The van der Waals surface area contributed by atoms with Crippen LogP contribution in [-0.4, -0.2) is 68.9 Å². The zero-order chi connectivity index (χ0) is 20.9. The lowest BCUT2D eigenvalue weighted by molar-refractivity contribution is -0.130. The Kier molecular flexibility index (Phi) is 7.80.